The summed E-state index contributed by atoms with van der Waals surface area (Å²) in [5.74, 6) is 1.51. The van der Waals surface area contributed by atoms with Crippen molar-refractivity contribution >= 4 is 5.82 Å². The second-order valence-electron chi connectivity index (χ2n) is 4.76. The maximum atomic E-state index is 10.9. The van der Waals surface area contributed by atoms with E-state index in [1.54, 1.807) is 18.2 Å². The highest BCUT2D eigenvalue weighted by atomic mass is 16.7. The van der Waals surface area contributed by atoms with Gasteiger partial charge >= 0.3 is 5.82 Å². The van der Waals surface area contributed by atoms with Crippen molar-refractivity contribution in [1.29, 1.82) is 0 Å². The Balaban J connectivity index is 1.69. The highest BCUT2D eigenvalue weighted by molar-refractivity contribution is 5.63. The summed E-state index contributed by atoms with van der Waals surface area (Å²) in [6.07, 6.45) is 0. The zero-order chi connectivity index (χ0) is 16.0. The van der Waals surface area contributed by atoms with Crippen LogP contribution in [-0.2, 0) is 7.05 Å². The Labute approximate surface area is 128 Å². The lowest BCUT2D eigenvalue weighted by Gasteiger charge is -1.97. The van der Waals surface area contributed by atoms with Crippen LogP contribution in [0.4, 0.5) is 5.82 Å². The second kappa shape index (κ2) is 4.80. The summed E-state index contributed by atoms with van der Waals surface area (Å²) in [6.45, 7) is 0.174. The van der Waals surface area contributed by atoms with Crippen LogP contribution >= 0.6 is 0 Å². The molecule has 23 heavy (non-hydrogen) atoms. The molecule has 10 heteroatoms. The maximum absolute atomic E-state index is 10.9. The van der Waals surface area contributed by atoms with Gasteiger partial charge in [0, 0.05) is 5.56 Å². The molecule has 0 spiro atoms. The lowest BCUT2D eigenvalue weighted by atomic mass is 10.2. The van der Waals surface area contributed by atoms with Gasteiger partial charge in [0.15, 0.2) is 17.2 Å². The standard InChI is InChI=1S/C13H9N5O5/c1-17-11(18(19)20)5-8(15-17)13-14-12(16-23-13)7-2-3-9-10(4-7)22-6-21-9/h2-5H,6H2,1H3. The summed E-state index contributed by atoms with van der Waals surface area (Å²) in [5.41, 5.74) is 0.911. The Morgan fingerprint density at radius 2 is 2.09 bits per heavy atom. The van der Waals surface area contributed by atoms with Crippen molar-refractivity contribution in [2.24, 2.45) is 7.05 Å². The molecule has 0 saturated heterocycles. The molecule has 0 saturated carbocycles. The van der Waals surface area contributed by atoms with Gasteiger partial charge in [0.1, 0.15) is 7.05 Å². The molecular weight excluding hydrogens is 306 g/mol. The van der Waals surface area contributed by atoms with Gasteiger partial charge in [-0.25, -0.2) is 0 Å². The van der Waals surface area contributed by atoms with Gasteiger partial charge in [-0.3, -0.25) is 0 Å². The smallest absolute Gasteiger partial charge is 0.345 e. The molecule has 0 bridgehead atoms. The number of hydrogen-bond acceptors (Lipinski definition) is 8. The summed E-state index contributed by atoms with van der Waals surface area (Å²) in [6, 6.07) is 6.52. The molecule has 1 aliphatic heterocycles. The van der Waals surface area contributed by atoms with Gasteiger partial charge in [0.05, 0.1) is 6.07 Å². The van der Waals surface area contributed by atoms with E-state index in [2.05, 4.69) is 15.2 Å². The number of ether oxygens (including phenoxy) is 2. The third kappa shape index (κ3) is 2.16. The fourth-order valence-electron chi connectivity index (χ4n) is 2.21. The molecule has 0 atom stereocenters. The van der Waals surface area contributed by atoms with Crippen molar-refractivity contribution in [3.63, 3.8) is 0 Å². The molecule has 0 N–H and O–H groups in total. The highest BCUT2D eigenvalue weighted by Gasteiger charge is 2.22. The van der Waals surface area contributed by atoms with E-state index in [4.69, 9.17) is 14.0 Å². The van der Waals surface area contributed by atoms with Crippen molar-refractivity contribution < 1.29 is 18.9 Å². The average Bonchev–Trinajstić information content (AvgIpc) is 3.24. The van der Waals surface area contributed by atoms with Crippen LogP contribution in [0.3, 0.4) is 0 Å². The first-order valence-electron chi connectivity index (χ1n) is 6.54. The number of aromatic nitrogens is 4. The van der Waals surface area contributed by atoms with E-state index in [9.17, 15) is 10.1 Å². The Bertz CT molecular complexity index is 915. The fraction of sp³-hybridized carbons (Fsp3) is 0.154. The lowest BCUT2D eigenvalue weighted by Crippen LogP contribution is -1.97. The van der Waals surface area contributed by atoms with Gasteiger partial charge in [0.2, 0.25) is 12.6 Å². The lowest BCUT2D eigenvalue weighted by molar-refractivity contribution is -0.392. The summed E-state index contributed by atoms with van der Waals surface area (Å²) in [4.78, 5) is 14.5. The molecule has 116 valence electrons. The van der Waals surface area contributed by atoms with Gasteiger partial charge in [-0.05, 0) is 23.1 Å². The number of hydrogen-bond donors (Lipinski definition) is 0. The van der Waals surface area contributed by atoms with Crippen molar-refractivity contribution in [2.45, 2.75) is 0 Å². The largest absolute Gasteiger partial charge is 0.454 e. The van der Waals surface area contributed by atoms with Crippen LogP contribution in [0.1, 0.15) is 0 Å². The second-order valence-corrected chi connectivity index (χ2v) is 4.76. The number of nitrogens with zero attached hydrogens (tertiary/aromatic N) is 5. The summed E-state index contributed by atoms with van der Waals surface area (Å²) in [5, 5.41) is 18.7. The van der Waals surface area contributed by atoms with Gasteiger partial charge in [-0.2, -0.15) is 4.98 Å². The van der Waals surface area contributed by atoms with Gasteiger partial charge in [-0.15, -0.1) is 4.68 Å². The maximum Gasteiger partial charge on any atom is 0.345 e. The number of nitro groups is 1. The normalized spacial score (nSPS) is 12.6. The van der Waals surface area contributed by atoms with E-state index in [1.807, 2.05) is 0 Å². The molecular formula is C13H9N5O5. The topological polar surface area (TPSA) is 118 Å². The Morgan fingerprint density at radius 3 is 2.87 bits per heavy atom. The Kier molecular flexibility index (Phi) is 2.76. The van der Waals surface area contributed by atoms with Gasteiger partial charge in [-0.1, -0.05) is 10.3 Å². The highest BCUT2D eigenvalue weighted by Crippen LogP contribution is 2.35. The predicted octanol–water partition coefficient (Wildman–Crippen LogP) is 1.77. The number of aryl methyl sites for hydroxylation is 1. The Morgan fingerprint density at radius 1 is 1.26 bits per heavy atom. The first-order chi connectivity index (χ1) is 11.1. The molecule has 2 aromatic heterocycles. The van der Waals surface area contributed by atoms with E-state index in [1.165, 1.54) is 13.1 Å². The number of benzene rings is 1. The third-order valence-electron chi connectivity index (χ3n) is 3.32. The minimum Gasteiger partial charge on any atom is -0.454 e. The van der Waals surface area contributed by atoms with E-state index in [0.717, 1.165) is 4.68 Å². The van der Waals surface area contributed by atoms with Crippen molar-refractivity contribution in [3.05, 3.63) is 34.4 Å². The van der Waals surface area contributed by atoms with Gasteiger partial charge < -0.3 is 24.1 Å². The molecule has 3 aromatic rings. The quantitative estimate of drug-likeness (QED) is 0.530. The molecule has 0 radical (unpaired) electrons. The molecule has 0 fully saturated rings. The minimum absolute atomic E-state index is 0.0985. The van der Waals surface area contributed by atoms with Crippen LogP contribution in [0, 0.1) is 10.1 Å². The first-order valence-corrected chi connectivity index (χ1v) is 6.54. The van der Waals surface area contributed by atoms with Crippen LogP contribution in [-0.4, -0.2) is 31.6 Å². The first kappa shape index (κ1) is 13.2. The van der Waals surface area contributed by atoms with Crippen LogP contribution in [0.15, 0.2) is 28.8 Å². The predicted molar refractivity (Wildman–Crippen MR) is 74.7 cm³/mol. The van der Waals surface area contributed by atoms with Crippen molar-refractivity contribution in [1.82, 2.24) is 19.9 Å². The Hall–Kier alpha value is -3.43. The molecule has 3 heterocycles. The van der Waals surface area contributed by atoms with Crippen LogP contribution in [0.5, 0.6) is 11.5 Å². The van der Waals surface area contributed by atoms with E-state index < -0.39 is 4.92 Å². The zero-order valence-electron chi connectivity index (χ0n) is 11.8. The molecule has 0 aliphatic carbocycles. The molecule has 10 nitrogen and oxygen atoms in total. The summed E-state index contributed by atoms with van der Waals surface area (Å²) >= 11 is 0. The third-order valence-corrected chi connectivity index (χ3v) is 3.32. The average molecular weight is 315 g/mol. The van der Waals surface area contributed by atoms with Crippen molar-refractivity contribution in [2.75, 3.05) is 6.79 Å². The fourth-order valence-corrected chi connectivity index (χ4v) is 2.21. The SMILES string of the molecule is Cn1nc(-c2nc(-c3ccc4c(c3)OCO4)no2)cc1[N+](=O)[O-]. The van der Waals surface area contributed by atoms with E-state index >= 15 is 0 Å². The van der Waals surface area contributed by atoms with E-state index in [-0.39, 0.29) is 24.2 Å². The van der Waals surface area contributed by atoms with Gasteiger partial charge in [0.25, 0.3) is 5.89 Å². The van der Waals surface area contributed by atoms with E-state index in [0.29, 0.717) is 22.9 Å². The van der Waals surface area contributed by atoms with Crippen LogP contribution < -0.4 is 9.47 Å². The molecule has 1 aromatic carbocycles. The van der Waals surface area contributed by atoms with Crippen LogP contribution in [0.25, 0.3) is 23.0 Å². The van der Waals surface area contributed by atoms with Crippen molar-refractivity contribution in [3.8, 4) is 34.5 Å². The number of fused-ring (bicyclic) bond motifs is 1. The van der Waals surface area contributed by atoms with Crippen LogP contribution in [0.2, 0.25) is 0 Å². The number of rotatable bonds is 3. The molecule has 4 rings (SSSR count). The molecule has 0 unspecified atom stereocenters. The summed E-state index contributed by atoms with van der Waals surface area (Å²) < 4.78 is 16.8. The molecule has 1 aliphatic rings. The zero-order valence-corrected chi connectivity index (χ0v) is 11.8. The molecule has 0 amide bonds. The summed E-state index contributed by atoms with van der Waals surface area (Å²) in [7, 11) is 1.47. The minimum atomic E-state index is -0.536. The monoisotopic (exact) mass is 315 g/mol.